The standard InChI is InChI=1S/C11H19F3N2O/c1-10(15,8-4-5-8)9(17)16-7-3-2-6-11(12,13)14/h8H,2-7,15H2,1H3,(H,16,17). The highest BCUT2D eigenvalue weighted by Crippen LogP contribution is 2.38. The van der Waals surface area contributed by atoms with Gasteiger partial charge in [0.05, 0.1) is 5.54 Å². The van der Waals surface area contributed by atoms with Gasteiger partial charge in [0.15, 0.2) is 0 Å². The molecule has 0 spiro atoms. The molecule has 1 unspecified atom stereocenters. The molecule has 1 rings (SSSR count). The number of rotatable bonds is 6. The Morgan fingerprint density at radius 3 is 2.41 bits per heavy atom. The Hall–Kier alpha value is -0.780. The first-order valence-electron chi connectivity index (χ1n) is 5.87. The molecule has 3 nitrogen and oxygen atoms in total. The van der Waals surface area contributed by atoms with Crippen LogP contribution < -0.4 is 11.1 Å². The van der Waals surface area contributed by atoms with Gasteiger partial charge in [-0.05, 0) is 38.5 Å². The van der Waals surface area contributed by atoms with E-state index < -0.39 is 18.1 Å². The third kappa shape index (κ3) is 4.93. The monoisotopic (exact) mass is 252 g/mol. The molecule has 0 radical (unpaired) electrons. The normalized spacial score (nSPS) is 19.8. The molecule has 0 heterocycles. The highest BCUT2D eigenvalue weighted by Gasteiger charge is 2.43. The van der Waals surface area contributed by atoms with E-state index in [0.29, 0.717) is 6.42 Å². The Balaban J connectivity index is 2.12. The largest absolute Gasteiger partial charge is 0.389 e. The summed E-state index contributed by atoms with van der Waals surface area (Å²) in [7, 11) is 0. The van der Waals surface area contributed by atoms with Crippen molar-refractivity contribution in [1.82, 2.24) is 5.32 Å². The zero-order valence-corrected chi connectivity index (χ0v) is 9.94. The molecule has 0 aromatic rings. The van der Waals surface area contributed by atoms with Crippen LogP contribution in [0.3, 0.4) is 0 Å². The number of carbonyl (C=O) groups is 1. The summed E-state index contributed by atoms with van der Waals surface area (Å²) < 4.78 is 35.5. The smallest absolute Gasteiger partial charge is 0.355 e. The SMILES string of the molecule is CC(N)(C(=O)NCCCCC(F)(F)F)C1CC1. The van der Waals surface area contributed by atoms with Crippen molar-refractivity contribution in [2.24, 2.45) is 11.7 Å². The van der Waals surface area contributed by atoms with Crippen LogP contribution in [0.15, 0.2) is 0 Å². The minimum Gasteiger partial charge on any atom is -0.355 e. The van der Waals surface area contributed by atoms with E-state index >= 15 is 0 Å². The molecule has 1 atom stereocenters. The summed E-state index contributed by atoms with van der Waals surface area (Å²) in [4.78, 5) is 11.6. The molecule has 0 aromatic carbocycles. The Bertz CT molecular complexity index is 272. The number of hydrogen-bond donors (Lipinski definition) is 2. The van der Waals surface area contributed by atoms with Crippen molar-refractivity contribution in [3.63, 3.8) is 0 Å². The Kier molecular flexibility index (Phi) is 4.41. The first-order chi connectivity index (χ1) is 7.73. The van der Waals surface area contributed by atoms with Crippen LogP contribution in [-0.2, 0) is 4.79 Å². The number of alkyl halides is 3. The lowest BCUT2D eigenvalue weighted by molar-refractivity contribution is -0.135. The molecular weight excluding hydrogens is 233 g/mol. The van der Waals surface area contributed by atoms with Gasteiger partial charge in [0.2, 0.25) is 5.91 Å². The maximum absolute atomic E-state index is 11.8. The highest BCUT2D eigenvalue weighted by molar-refractivity contribution is 5.86. The van der Waals surface area contributed by atoms with Gasteiger partial charge in [-0.1, -0.05) is 0 Å². The number of nitrogens with two attached hydrogens (primary N) is 1. The van der Waals surface area contributed by atoms with Gasteiger partial charge in [0.1, 0.15) is 0 Å². The zero-order valence-electron chi connectivity index (χ0n) is 9.94. The lowest BCUT2D eigenvalue weighted by Crippen LogP contribution is -2.53. The lowest BCUT2D eigenvalue weighted by Gasteiger charge is -2.23. The Morgan fingerprint density at radius 2 is 1.94 bits per heavy atom. The molecule has 0 bridgehead atoms. The van der Waals surface area contributed by atoms with Gasteiger partial charge in [-0.15, -0.1) is 0 Å². The number of amides is 1. The van der Waals surface area contributed by atoms with E-state index in [0.717, 1.165) is 12.8 Å². The fraction of sp³-hybridized carbons (Fsp3) is 0.909. The van der Waals surface area contributed by atoms with Gasteiger partial charge in [-0.2, -0.15) is 13.2 Å². The van der Waals surface area contributed by atoms with E-state index in [9.17, 15) is 18.0 Å². The third-order valence-corrected chi connectivity index (χ3v) is 3.09. The van der Waals surface area contributed by atoms with E-state index in [1.54, 1.807) is 6.92 Å². The number of nitrogens with one attached hydrogen (secondary N) is 1. The van der Waals surface area contributed by atoms with E-state index in [2.05, 4.69) is 5.32 Å². The van der Waals surface area contributed by atoms with Gasteiger partial charge in [0, 0.05) is 13.0 Å². The van der Waals surface area contributed by atoms with E-state index in [-0.39, 0.29) is 24.8 Å². The van der Waals surface area contributed by atoms with Crippen LogP contribution in [-0.4, -0.2) is 24.2 Å². The number of carbonyl (C=O) groups excluding carboxylic acids is 1. The fourth-order valence-electron chi connectivity index (χ4n) is 1.71. The summed E-state index contributed by atoms with van der Waals surface area (Å²) >= 11 is 0. The van der Waals surface area contributed by atoms with Crippen LogP contribution in [0.5, 0.6) is 0 Å². The molecule has 17 heavy (non-hydrogen) atoms. The summed E-state index contributed by atoms with van der Waals surface area (Å²) in [6.45, 7) is 1.93. The fourth-order valence-corrected chi connectivity index (χ4v) is 1.71. The lowest BCUT2D eigenvalue weighted by atomic mass is 9.96. The molecule has 0 saturated heterocycles. The number of unbranched alkanes of at least 4 members (excludes halogenated alkanes) is 1. The molecule has 1 aliphatic carbocycles. The molecule has 1 saturated carbocycles. The van der Waals surface area contributed by atoms with Crippen molar-refractivity contribution in [1.29, 1.82) is 0 Å². The summed E-state index contributed by atoms with van der Waals surface area (Å²) in [5.74, 6) is -0.0373. The molecule has 0 aromatic heterocycles. The van der Waals surface area contributed by atoms with Crippen LogP contribution in [0.4, 0.5) is 13.2 Å². The first kappa shape index (κ1) is 14.3. The van der Waals surface area contributed by atoms with Crippen LogP contribution in [0.2, 0.25) is 0 Å². The maximum atomic E-state index is 11.8. The average Bonchev–Trinajstić information content (AvgIpc) is 2.98. The van der Waals surface area contributed by atoms with E-state index in [1.807, 2.05) is 0 Å². The van der Waals surface area contributed by atoms with Crippen LogP contribution in [0.1, 0.15) is 39.0 Å². The predicted molar refractivity (Wildman–Crippen MR) is 58.2 cm³/mol. The topological polar surface area (TPSA) is 55.1 Å². The quantitative estimate of drug-likeness (QED) is 0.710. The van der Waals surface area contributed by atoms with Gasteiger partial charge in [-0.3, -0.25) is 4.79 Å². The van der Waals surface area contributed by atoms with Crippen LogP contribution in [0.25, 0.3) is 0 Å². The maximum Gasteiger partial charge on any atom is 0.389 e. The van der Waals surface area contributed by atoms with Gasteiger partial charge in [0.25, 0.3) is 0 Å². The predicted octanol–water partition coefficient (Wildman–Crippen LogP) is 1.96. The summed E-state index contributed by atoms with van der Waals surface area (Å²) in [5, 5.41) is 2.60. The van der Waals surface area contributed by atoms with Crippen molar-refractivity contribution in [2.75, 3.05) is 6.54 Å². The second kappa shape index (κ2) is 5.25. The summed E-state index contributed by atoms with van der Waals surface area (Å²) in [6, 6.07) is 0. The minimum absolute atomic E-state index is 0.0362. The van der Waals surface area contributed by atoms with Gasteiger partial charge >= 0.3 is 6.18 Å². The van der Waals surface area contributed by atoms with Crippen LogP contribution >= 0.6 is 0 Å². The average molecular weight is 252 g/mol. The molecule has 3 N–H and O–H groups in total. The van der Waals surface area contributed by atoms with Crippen molar-refractivity contribution < 1.29 is 18.0 Å². The highest BCUT2D eigenvalue weighted by atomic mass is 19.4. The Morgan fingerprint density at radius 1 is 1.35 bits per heavy atom. The van der Waals surface area contributed by atoms with Crippen LogP contribution in [0, 0.1) is 5.92 Å². The first-order valence-corrected chi connectivity index (χ1v) is 5.87. The second-order valence-corrected chi connectivity index (χ2v) is 4.89. The molecular formula is C11H19F3N2O. The zero-order chi connectivity index (χ0) is 13.1. The van der Waals surface area contributed by atoms with E-state index in [1.165, 1.54) is 0 Å². The number of hydrogen-bond acceptors (Lipinski definition) is 2. The molecule has 0 aliphatic heterocycles. The van der Waals surface area contributed by atoms with Crippen molar-refractivity contribution in [3.8, 4) is 0 Å². The molecule has 6 heteroatoms. The molecule has 1 amide bonds. The summed E-state index contributed by atoms with van der Waals surface area (Å²) in [5.41, 5.74) is 4.99. The molecule has 1 fully saturated rings. The van der Waals surface area contributed by atoms with Gasteiger partial charge < -0.3 is 11.1 Å². The summed E-state index contributed by atoms with van der Waals surface area (Å²) in [6.07, 6.45) is -2.64. The third-order valence-electron chi connectivity index (χ3n) is 3.09. The van der Waals surface area contributed by atoms with Crippen molar-refractivity contribution >= 4 is 5.91 Å². The minimum atomic E-state index is -4.11. The Labute approximate surface area is 98.9 Å². The molecule has 1 aliphatic rings. The van der Waals surface area contributed by atoms with E-state index in [4.69, 9.17) is 5.73 Å². The van der Waals surface area contributed by atoms with Gasteiger partial charge in [-0.25, -0.2) is 0 Å². The molecule has 100 valence electrons. The number of halogens is 3. The van der Waals surface area contributed by atoms with Crippen molar-refractivity contribution in [2.45, 2.75) is 50.7 Å². The van der Waals surface area contributed by atoms with Crippen molar-refractivity contribution in [3.05, 3.63) is 0 Å². The second-order valence-electron chi connectivity index (χ2n) is 4.89.